The molecular weight excluding hydrogens is 276 g/mol. The fourth-order valence-electron chi connectivity index (χ4n) is 3.52. The lowest BCUT2D eigenvalue weighted by Crippen LogP contribution is -2.44. The quantitative estimate of drug-likeness (QED) is 0.702. The van der Waals surface area contributed by atoms with Crippen LogP contribution in [0.1, 0.15) is 51.9 Å². The molecule has 4 nitrogen and oxygen atoms in total. The molecule has 0 spiro atoms. The second-order valence-corrected chi connectivity index (χ2v) is 6.14. The first kappa shape index (κ1) is 17.7. The summed E-state index contributed by atoms with van der Waals surface area (Å²) in [5, 5.41) is 15.5. The van der Waals surface area contributed by atoms with Crippen LogP contribution in [0.2, 0.25) is 0 Å². The lowest BCUT2D eigenvalue weighted by molar-refractivity contribution is -0.123. The first-order valence-electron chi connectivity index (χ1n) is 7.89. The van der Waals surface area contributed by atoms with Crippen molar-refractivity contribution in [1.82, 2.24) is 10.6 Å². The molecule has 1 aliphatic heterocycles. The summed E-state index contributed by atoms with van der Waals surface area (Å²) >= 11 is 0. The summed E-state index contributed by atoms with van der Waals surface area (Å²) in [5.41, 5.74) is 0. The van der Waals surface area contributed by atoms with Crippen molar-refractivity contribution in [2.45, 2.75) is 64.0 Å². The summed E-state index contributed by atoms with van der Waals surface area (Å²) < 4.78 is 0. The van der Waals surface area contributed by atoms with Gasteiger partial charge in [0.05, 0.1) is 6.04 Å². The van der Waals surface area contributed by atoms with E-state index < -0.39 is 0 Å². The van der Waals surface area contributed by atoms with Crippen molar-refractivity contribution in [1.29, 1.82) is 0 Å². The fourth-order valence-corrected chi connectivity index (χ4v) is 3.52. The molecule has 1 saturated carbocycles. The van der Waals surface area contributed by atoms with Crippen LogP contribution in [0.5, 0.6) is 0 Å². The van der Waals surface area contributed by atoms with Crippen molar-refractivity contribution >= 4 is 18.3 Å². The van der Waals surface area contributed by atoms with E-state index >= 15 is 0 Å². The normalized spacial score (nSPS) is 30.2. The largest absolute Gasteiger partial charge is 0.396 e. The molecule has 2 rings (SSSR count). The van der Waals surface area contributed by atoms with Gasteiger partial charge < -0.3 is 15.7 Å². The average molecular weight is 305 g/mol. The van der Waals surface area contributed by atoms with Gasteiger partial charge in [-0.15, -0.1) is 12.4 Å². The molecule has 0 aromatic rings. The van der Waals surface area contributed by atoms with Gasteiger partial charge in [0.2, 0.25) is 5.91 Å². The van der Waals surface area contributed by atoms with E-state index in [9.17, 15) is 4.79 Å². The lowest BCUT2D eigenvalue weighted by atomic mass is 9.85. The van der Waals surface area contributed by atoms with Crippen LogP contribution in [0.25, 0.3) is 0 Å². The van der Waals surface area contributed by atoms with Gasteiger partial charge in [-0.05, 0) is 37.5 Å². The predicted molar refractivity (Wildman–Crippen MR) is 83.0 cm³/mol. The number of hydrogen-bond donors (Lipinski definition) is 3. The number of hydrogen-bond acceptors (Lipinski definition) is 3. The van der Waals surface area contributed by atoms with E-state index in [-0.39, 0.29) is 31.0 Å². The molecule has 0 aromatic carbocycles. The van der Waals surface area contributed by atoms with E-state index in [1.54, 1.807) is 0 Å². The monoisotopic (exact) mass is 304 g/mol. The summed E-state index contributed by atoms with van der Waals surface area (Å²) in [7, 11) is 0. The van der Waals surface area contributed by atoms with Crippen molar-refractivity contribution in [3.05, 3.63) is 0 Å². The van der Waals surface area contributed by atoms with Crippen LogP contribution in [0, 0.1) is 11.8 Å². The zero-order valence-corrected chi connectivity index (χ0v) is 13.3. The standard InChI is InChI=1S/C15H28N2O2.ClH/c1-2-11(7-8-18)10-16-15(19)14-9-12-5-3-4-6-13(12)17-14;/h11-14,17-18H,2-10H2,1H3,(H,16,19);1H. The second kappa shape index (κ2) is 8.85. The number of aliphatic hydroxyl groups excluding tert-OH is 1. The maximum absolute atomic E-state index is 12.2. The van der Waals surface area contributed by atoms with Crippen LogP contribution in [-0.2, 0) is 4.79 Å². The smallest absolute Gasteiger partial charge is 0.237 e. The highest BCUT2D eigenvalue weighted by Crippen LogP contribution is 2.33. The number of amides is 1. The summed E-state index contributed by atoms with van der Waals surface area (Å²) in [4.78, 5) is 12.2. The van der Waals surface area contributed by atoms with E-state index in [0.717, 1.165) is 19.3 Å². The van der Waals surface area contributed by atoms with Gasteiger partial charge in [-0.1, -0.05) is 26.2 Å². The zero-order valence-electron chi connectivity index (χ0n) is 12.4. The summed E-state index contributed by atoms with van der Waals surface area (Å²) in [6.07, 6.45) is 7.93. The Labute approximate surface area is 128 Å². The van der Waals surface area contributed by atoms with Crippen LogP contribution in [-0.4, -0.2) is 36.2 Å². The molecule has 1 aliphatic carbocycles. The minimum atomic E-state index is 0. The number of carbonyl (C=O) groups excluding carboxylic acids is 1. The molecular formula is C15H29ClN2O2. The van der Waals surface area contributed by atoms with Crippen LogP contribution in [0.3, 0.4) is 0 Å². The number of fused-ring (bicyclic) bond motifs is 1. The van der Waals surface area contributed by atoms with Crippen molar-refractivity contribution in [3.8, 4) is 0 Å². The van der Waals surface area contributed by atoms with Crippen LogP contribution >= 0.6 is 12.4 Å². The molecule has 2 fully saturated rings. The number of aliphatic hydroxyl groups is 1. The Hall–Kier alpha value is -0.320. The van der Waals surface area contributed by atoms with Crippen LogP contribution < -0.4 is 10.6 Å². The molecule has 1 amide bonds. The van der Waals surface area contributed by atoms with Crippen LogP contribution in [0.4, 0.5) is 0 Å². The Morgan fingerprint density at radius 1 is 1.40 bits per heavy atom. The molecule has 2 aliphatic rings. The Balaban J connectivity index is 0.00000200. The average Bonchev–Trinajstić information content (AvgIpc) is 2.87. The van der Waals surface area contributed by atoms with Gasteiger partial charge >= 0.3 is 0 Å². The molecule has 3 N–H and O–H groups in total. The molecule has 118 valence electrons. The third kappa shape index (κ3) is 4.61. The summed E-state index contributed by atoms with van der Waals surface area (Å²) in [6.45, 7) is 3.01. The maximum Gasteiger partial charge on any atom is 0.237 e. The number of rotatable bonds is 6. The second-order valence-electron chi connectivity index (χ2n) is 6.14. The van der Waals surface area contributed by atoms with Crippen molar-refractivity contribution in [3.63, 3.8) is 0 Å². The lowest BCUT2D eigenvalue weighted by Gasteiger charge is -2.24. The number of halogens is 1. The highest BCUT2D eigenvalue weighted by molar-refractivity contribution is 5.85. The zero-order chi connectivity index (χ0) is 13.7. The Morgan fingerprint density at radius 2 is 2.15 bits per heavy atom. The molecule has 1 saturated heterocycles. The topological polar surface area (TPSA) is 61.4 Å². The molecule has 4 atom stereocenters. The minimum absolute atomic E-state index is 0. The molecule has 1 heterocycles. The Morgan fingerprint density at radius 3 is 2.80 bits per heavy atom. The highest BCUT2D eigenvalue weighted by atomic mass is 35.5. The van der Waals surface area contributed by atoms with Crippen molar-refractivity contribution < 1.29 is 9.90 Å². The molecule has 0 aromatic heterocycles. The Kier molecular flexibility index (Phi) is 7.85. The predicted octanol–water partition coefficient (Wildman–Crippen LogP) is 1.85. The van der Waals surface area contributed by atoms with E-state index in [4.69, 9.17) is 5.11 Å². The SMILES string of the molecule is CCC(CCO)CNC(=O)C1CC2CCCCC2N1.Cl. The molecule has 0 radical (unpaired) electrons. The van der Waals surface area contributed by atoms with Crippen molar-refractivity contribution in [2.75, 3.05) is 13.2 Å². The first-order valence-corrected chi connectivity index (χ1v) is 7.89. The van der Waals surface area contributed by atoms with Crippen LogP contribution in [0.15, 0.2) is 0 Å². The number of nitrogens with one attached hydrogen (secondary N) is 2. The van der Waals surface area contributed by atoms with Gasteiger partial charge in [0.25, 0.3) is 0 Å². The van der Waals surface area contributed by atoms with E-state index in [0.29, 0.717) is 24.4 Å². The van der Waals surface area contributed by atoms with Gasteiger partial charge in [0.15, 0.2) is 0 Å². The van der Waals surface area contributed by atoms with Crippen molar-refractivity contribution in [2.24, 2.45) is 11.8 Å². The van der Waals surface area contributed by atoms with E-state index in [1.807, 2.05) is 0 Å². The molecule has 4 unspecified atom stereocenters. The van der Waals surface area contributed by atoms with Gasteiger partial charge in [-0.3, -0.25) is 4.79 Å². The third-order valence-corrected chi connectivity index (χ3v) is 4.86. The van der Waals surface area contributed by atoms with Gasteiger partial charge in [0.1, 0.15) is 0 Å². The summed E-state index contributed by atoms with van der Waals surface area (Å²) in [6, 6.07) is 0.587. The Bertz CT molecular complexity index is 288. The third-order valence-electron chi connectivity index (χ3n) is 4.86. The first-order chi connectivity index (χ1) is 9.24. The van der Waals surface area contributed by atoms with Gasteiger partial charge in [0, 0.05) is 19.2 Å². The van der Waals surface area contributed by atoms with Gasteiger partial charge in [-0.2, -0.15) is 0 Å². The minimum Gasteiger partial charge on any atom is -0.396 e. The molecule has 0 bridgehead atoms. The van der Waals surface area contributed by atoms with Gasteiger partial charge in [-0.25, -0.2) is 0 Å². The highest BCUT2D eigenvalue weighted by Gasteiger charge is 2.38. The number of carbonyl (C=O) groups is 1. The summed E-state index contributed by atoms with van der Waals surface area (Å²) in [5.74, 6) is 1.27. The molecule has 20 heavy (non-hydrogen) atoms. The van der Waals surface area contributed by atoms with E-state index in [2.05, 4.69) is 17.6 Å². The molecule has 5 heteroatoms. The maximum atomic E-state index is 12.2. The fraction of sp³-hybridized carbons (Fsp3) is 0.933. The van der Waals surface area contributed by atoms with E-state index in [1.165, 1.54) is 25.7 Å².